The zero-order valence-corrected chi connectivity index (χ0v) is 8.57. The van der Waals surface area contributed by atoms with Gasteiger partial charge in [0.25, 0.3) is 0 Å². The maximum absolute atomic E-state index is 9.31. The Bertz CT molecular complexity index is 321. The van der Waals surface area contributed by atoms with Gasteiger partial charge in [0.05, 0.1) is 12.1 Å². The van der Waals surface area contributed by atoms with Gasteiger partial charge in [-0.15, -0.1) is 0 Å². The molecule has 0 saturated carbocycles. The second-order valence-corrected chi connectivity index (χ2v) is 3.24. The van der Waals surface area contributed by atoms with Gasteiger partial charge in [-0.3, -0.25) is 0 Å². The van der Waals surface area contributed by atoms with Gasteiger partial charge >= 0.3 is 0 Å². The normalized spacial score (nSPS) is 10.2. The Balaban J connectivity index is 3.56. The highest BCUT2D eigenvalue weighted by atomic mass is 35.5. The molecule has 0 aliphatic heterocycles. The van der Waals surface area contributed by atoms with Crippen molar-refractivity contribution in [1.82, 2.24) is 0 Å². The third kappa shape index (κ3) is 1.49. The maximum Gasteiger partial charge on any atom is 0.180 e. The van der Waals surface area contributed by atoms with Crippen LogP contribution in [0.4, 0.5) is 0 Å². The van der Waals surface area contributed by atoms with Crippen LogP contribution in [0.15, 0.2) is 0 Å². The van der Waals surface area contributed by atoms with Crippen molar-refractivity contribution in [2.45, 2.75) is 6.92 Å². The van der Waals surface area contributed by atoms with Crippen LogP contribution in [0.1, 0.15) is 5.56 Å². The van der Waals surface area contributed by atoms with Gasteiger partial charge in [-0.25, -0.2) is 0 Å². The van der Waals surface area contributed by atoms with E-state index in [1.54, 1.807) is 6.92 Å². The molecular weight excluding hydrogens is 215 g/mol. The molecule has 0 heterocycles. The molecule has 0 unspecified atom stereocenters. The van der Waals surface area contributed by atoms with Crippen LogP contribution >= 0.6 is 23.2 Å². The number of methoxy groups -OCH3 is 1. The standard InChI is InChI=1S/C8H8Cl2O3/c1-3-4(9)8(13-2)5(10)7(12)6(3)11/h11-12H,1-2H3. The van der Waals surface area contributed by atoms with Crippen molar-refractivity contribution in [2.75, 3.05) is 7.11 Å². The molecule has 72 valence electrons. The van der Waals surface area contributed by atoms with Gasteiger partial charge in [-0.2, -0.15) is 0 Å². The first kappa shape index (κ1) is 10.3. The number of ether oxygens (including phenoxy) is 1. The summed E-state index contributed by atoms with van der Waals surface area (Å²) in [5.74, 6) is -0.577. The van der Waals surface area contributed by atoms with Gasteiger partial charge in [0.15, 0.2) is 17.2 Å². The summed E-state index contributed by atoms with van der Waals surface area (Å²) >= 11 is 11.5. The number of phenolic OH excluding ortho intramolecular Hbond substituents is 2. The van der Waals surface area contributed by atoms with Crippen molar-refractivity contribution < 1.29 is 14.9 Å². The lowest BCUT2D eigenvalue weighted by atomic mass is 10.2. The predicted molar refractivity (Wildman–Crippen MR) is 51.1 cm³/mol. The molecule has 0 aliphatic carbocycles. The van der Waals surface area contributed by atoms with Crippen LogP contribution in [0.3, 0.4) is 0 Å². The highest BCUT2D eigenvalue weighted by molar-refractivity contribution is 6.39. The van der Waals surface area contributed by atoms with E-state index in [0.717, 1.165) is 0 Å². The topological polar surface area (TPSA) is 49.7 Å². The Labute approximate surface area is 85.5 Å². The van der Waals surface area contributed by atoms with Crippen LogP contribution in [0.5, 0.6) is 17.2 Å². The van der Waals surface area contributed by atoms with Crippen LogP contribution < -0.4 is 4.74 Å². The van der Waals surface area contributed by atoms with Crippen LogP contribution in [-0.2, 0) is 0 Å². The third-order valence-electron chi connectivity index (χ3n) is 1.72. The summed E-state index contributed by atoms with van der Waals surface area (Å²) in [5.41, 5.74) is 0.334. The molecule has 0 spiro atoms. The molecule has 0 radical (unpaired) electrons. The third-order valence-corrected chi connectivity index (χ3v) is 2.53. The number of aromatic hydroxyl groups is 2. The molecule has 13 heavy (non-hydrogen) atoms. The fraction of sp³-hybridized carbons (Fsp3) is 0.250. The Morgan fingerprint density at radius 1 is 1.08 bits per heavy atom. The number of rotatable bonds is 1. The second-order valence-electron chi connectivity index (χ2n) is 2.48. The van der Waals surface area contributed by atoms with E-state index in [1.807, 2.05) is 0 Å². The quantitative estimate of drug-likeness (QED) is 0.719. The maximum atomic E-state index is 9.31. The molecule has 0 atom stereocenters. The van der Waals surface area contributed by atoms with Gasteiger partial charge in [-0.1, -0.05) is 23.2 Å². The van der Waals surface area contributed by atoms with E-state index in [2.05, 4.69) is 0 Å². The molecule has 1 aromatic rings. The molecule has 5 heteroatoms. The molecular formula is C8H8Cl2O3. The van der Waals surface area contributed by atoms with E-state index in [4.69, 9.17) is 27.9 Å². The predicted octanol–water partition coefficient (Wildman–Crippen LogP) is 2.72. The van der Waals surface area contributed by atoms with Gasteiger partial charge in [-0.05, 0) is 6.92 Å². The molecule has 0 aromatic heterocycles. The van der Waals surface area contributed by atoms with Crippen LogP contribution in [0.2, 0.25) is 10.0 Å². The van der Waals surface area contributed by atoms with Crippen molar-refractivity contribution >= 4 is 23.2 Å². The average molecular weight is 223 g/mol. The van der Waals surface area contributed by atoms with E-state index in [1.165, 1.54) is 7.11 Å². The second kappa shape index (κ2) is 3.52. The summed E-state index contributed by atoms with van der Waals surface area (Å²) in [7, 11) is 1.38. The molecule has 2 N–H and O–H groups in total. The van der Waals surface area contributed by atoms with Crippen molar-refractivity contribution in [1.29, 1.82) is 0 Å². The first-order valence-electron chi connectivity index (χ1n) is 3.44. The molecule has 0 aliphatic rings. The SMILES string of the molecule is COc1c(Cl)c(C)c(O)c(O)c1Cl. The molecule has 0 bridgehead atoms. The molecule has 0 fully saturated rings. The largest absolute Gasteiger partial charge is 0.504 e. The fourth-order valence-corrected chi connectivity index (χ4v) is 1.51. The van der Waals surface area contributed by atoms with Crippen molar-refractivity contribution in [3.8, 4) is 17.2 Å². The number of benzene rings is 1. The summed E-state index contributed by atoms with van der Waals surface area (Å²) < 4.78 is 4.86. The van der Waals surface area contributed by atoms with E-state index < -0.39 is 5.75 Å². The van der Waals surface area contributed by atoms with Gasteiger partial charge < -0.3 is 14.9 Å². The summed E-state index contributed by atoms with van der Waals surface area (Å²) in [6.45, 7) is 1.55. The smallest absolute Gasteiger partial charge is 0.180 e. The van der Waals surface area contributed by atoms with Gasteiger partial charge in [0.1, 0.15) is 5.02 Å². The minimum Gasteiger partial charge on any atom is -0.504 e. The number of hydrogen-bond acceptors (Lipinski definition) is 3. The van der Waals surface area contributed by atoms with Crippen molar-refractivity contribution in [3.05, 3.63) is 15.6 Å². The molecule has 1 aromatic carbocycles. The van der Waals surface area contributed by atoms with Crippen molar-refractivity contribution in [2.24, 2.45) is 0 Å². The number of halogens is 2. The summed E-state index contributed by atoms with van der Waals surface area (Å²) in [5, 5.41) is 18.7. The first-order chi connectivity index (χ1) is 6.00. The highest BCUT2D eigenvalue weighted by Gasteiger charge is 2.19. The summed E-state index contributed by atoms with van der Waals surface area (Å²) in [4.78, 5) is 0. The van der Waals surface area contributed by atoms with Gasteiger partial charge in [0, 0.05) is 5.56 Å². The number of phenols is 2. The first-order valence-corrected chi connectivity index (χ1v) is 4.19. The highest BCUT2D eigenvalue weighted by Crippen LogP contribution is 2.47. The van der Waals surface area contributed by atoms with E-state index in [9.17, 15) is 10.2 Å². The van der Waals surface area contributed by atoms with Crippen LogP contribution in [0, 0.1) is 6.92 Å². The monoisotopic (exact) mass is 222 g/mol. The minimum atomic E-state index is -0.416. The molecule has 0 saturated heterocycles. The van der Waals surface area contributed by atoms with E-state index in [-0.39, 0.29) is 21.5 Å². The van der Waals surface area contributed by atoms with E-state index in [0.29, 0.717) is 5.56 Å². The van der Waals surface area contributed by atoms with E-state index >= 15 is 0 Å². The molecule has 3 nitrogen and oxygen atoms in total. The molecule has 1 rings (SSSR count). The summed E-state index contributed by atoms with van der Waals surface area (Å²) in [6, 6.07) is 0. The minimum absolute atomic E-state index is 0.0874. The Kier molecular flexibility index (Phi) is 2.78. The Morgan fingerprint density at radius 3 is 2.08 bits per heavy atom. The Morgan fingerprint density at radius 2 is 1.62 bits per heavy atom. The zero-order chi connectivity index (χ0) is 10.2. The lowest BCUT2D eigenvalue weighted by Gasteiger charge is -2.11. The average Bonchev–Trinajstić information content (AvgIpc) is 2.13. The zero-order valence-electron chi connectivity index (χ0n) is 7.06. The fourth-order valence-electron chi connectivity index (χ4n) is 0.939. The van der Waals surface area contributed by atoms with Crippen LogP contribution in [0.25, 0.3) is 0 Å². The summed E-state index contributed by atoms with van der Waals surface area (Å²) in [6.07, 6.45) is 0. The number of hydrogen-bond donors (Lipinski definition) is 2. The Hall–Kier alpha value is -0.800. The lowest BCUT2D eigenvalue weighted by Crippen LogP contribution is -1.89. The van der Waals surface area contributed by atoms with Gasteiger partial charge in [0.2, 0.25) is 0 Å². The van der Waals surface area contributed by atoms with Crippen molar-refractivity contribution in [3.63, 3.8) is 0 Å². The lowest BCUT2D eigenvalue weighted by molar-refractivity contribution is 0.384. The van der Waals surface area contributed by atoms with Crippen LogP contribution in [-0.4, -0.2) is 17.3 Å². The molecule has 0 amide bonds.